The van der Waals surface area contributed by atoms with Crippen molar-refractivity contribution in [3.05, 3.63) is 38.0 Å². The molecule has 0 saturated heterocycles. The highest BCUT2D eigenvalue weighted by atomic mass is 16.5. The second-order valence-corrected chi connectivity index (χ2v) is 4.51. The summed E-state index contributed by atoms with van der Waals surface area (Å²) in [4.78, 5) is 29.5. The van der Waals surface area contributed by atoms with E-state index in [0.29, 0.717) is 6.42 Å². The first-order chi connectivity index (χ1) is 12.7. The summed E-state index contributed by atoms with van der Waals surface area (Å²) in [5.74, 6) is -1.18. The molecule has 0 aromatic heterocycles. The van der Waals surface area contributed by atoms with E-state index in [4.69, 9.17) is 15.3 Å². The molecule has 0 aliphatic rings. The Balaban J connectivity index is -0.000000133. The van der Waals surface area contributed by atoms with Crippen LogP contribution in [0.25, 0.3) is 0 Å². The van der Waals surface area contributed by atoms with Crippen LogP contribution < -0.4 is 0 Å². The smallest absolute Gasteiger partial charge is 0.329 e. The van der Waals surface area contributed by atoms with Gasteiger partial charge in [0, 0.05) is 23.6 Å². The Hall–Kier alpha value is -2.49. The van der Waals surface area contributed by atoms with Gasteiger partial charge in [-0.05, 0) is 6.42 Å². The van der Waals surface area contributed by atoms with Crippen molar-refractivity contribution < 1.29 is 43.9 Å². The summed E-state index contributed by atoms with van der Waals surface area (Å²) < 4.78 is 12.4. The number of esters is 3. The first-order valence-electron chi connectivity index (χ1n) is 7.61. The van der Waals surface area contributed by atoms with E-state index in [0.717, 1.165) is 18.2 Å². The van der Waals surface area contributed by atoms with E-state index in [2.05, 4.69) is 33.9 Å². The predicted octanol–water partition coefficient (Wildman–Crippen LogP) is 0.396. The maximum atomic E-state index is 9.84. The normalized spacial score (nSPS) is 8.56. The molecule has 0 atom stereocenters. The van der Waals surface area contributed by atoms with Gasteiger partial charge in [0.25, 0.3) is 0 Å². The number of carbonyl (C=O) groups excluding carboxylic acids is 3. The van der Waals surface area contributed by atoms with Crippen LogP contribution in [0, 0.1) is 5.41 Å². The Labute approximate surface area is 160 Å². The molecule has 9 heteroatoms. The van der Waals surface area contributed by atoms with Crippen molar-refractivity contribution in [3.63, 3.8) is 0 Å². The number of ether oxygens (including phenoxy) is 3. The van der Waals surface area contributed by atoms with Crippen molar-refractivity contribution in [2.24, 2.45) is 5.41 Å². The van der Waals surface area contributed by atoms with E-state index in [1.54, 1.807) is 0 Å². The molecule has 0 rings (SSSR count). The molecule has 9 nitrogen and oxygen atoms in total. The number of aliphatic hydroxyl groups is 3. The number of hydrogen-bond acceptors (Lipinski definition) is 9. The van der Waals surface area contributed by atoms with Crippen molar-refractivity contribution in [2.75, 3.05) is 41.2 Å². The Kier molecular flexibility index (Phi) is 28.0. The van der Waals surface area contributed by atoms with Gasteiger partial charge in [-0.3, -0.25) is 0 Å². The van der Waals surface area contributed by atoms with Gasteiger partial charge >= 0.3 is 17.9 Å². The van der Waals surface area contributed by atoms with Crippen LogP contribution in [-0.4, -0.2) is 74.4 Å². The van der Waals surface area contributed by atoms with Gasteiger partial charge < -0.3 is 29.5 Å². The minimum Gasteiger partial charge on any atom is -0.466 e. The molecular formula is C18H32O9. The summed E-state index contributed by atoms with van der Waals surface area (Å²) in [5.41, 5.74) is -0.667. The summed E-state index contributed by atoms with van der Waals surface area (Å²) in [6.45, 7) is 10.8. The van der Waals surface area contributed by atoms with Crippen LogP contribution in [0.15, 0.2) is 38.0 Å². The monoisotopic (exact) mass is 392 g/mol. The lowest BCUT2D eigenvalue weighted by molar-refractivity contribution is -0.135. The standard InChI is InChI=1S/C6H14O3.3C4H6O2/c1-2-6(3-7,4-8)5-9;3*1-3-4(5)6-2/h7-9H,2-5H2,1H3;3*3H,1H2,2H3. The summed E-state index contributed by atoms with van der Waals surface area (Å²) >= 11 is 0. The van der Waals surface area contributed by atoms with Gasteiger partial charge in [-0.2, -0.15) is 0 Å². The first kappa shape index (κ1) is 32.2. The molecule has 0 saturated carbocycles. The fourth-order valence-corrected chi connectivity index (χ4v) is 0.735. The fraction of sp³-hybridized carbons (Fsp3) is 0.500. The van der Waals surface area contributed by atoms with E-state index in [-0.39, 0.29) is 19.8 Å². The summed E-state index contributed by atoms with van der Waals surface area (Å²) in [6.07, 6.45) is 3.93. The number of hydrogen-bond donors (Lipinski definition) is 3. The van der Waals surface area contributed by atoms with Crippen molar-refractivity contribution in [2.45, 2.75) is 13.3 Å². The highest BCUT2D eigenvalue weighted by molar-refractivity contribution is 5.81. The van der Waals surface area contributed by atoms with Crippen LogP contribution in [-0.2, 0) is 28.6 Å². The molecule has 158 valence electrons. The summed E-state index contributed by atoms with van der Waals surface area (Å²) in [6, 6.07) is 0. The molecule has 0 unspecified atom stereocenters. The SMILES string of the molecule is C=CC(=O)OC.C=CC(=O)OC.C=CC(=O)OC.CCC(CO)(CO)CO. The van der Waals surface area contributed by atoms with Crippen LogP contribution in [0.3, 0.4) is 0 Å². The third kappa shape index (κ3) is 23.5. The van der Waals surface area contributed by atoms with E-state index >= 15 is 0 Å². The second kappa shape index (κ2) is 23.5. The molecule has 3 N–H and O–H groups in total. The zero-order chi connectivity index (χ0) is 22.3. The van der Waals surface area contributed by atoms with Gasteiger partial charge in [-0.1, -0.05) is 26.7 Å². The third-order valence-electron chi connectivity index (χ3n) is 2.86. The molecule has 0 aliphatic heterocycles. The molecule has 0 aromatic carbocycles. The van der Waals surface area contributed by atoms with Crippen LogP contribution in [0.5, 0.6) is 0 Å². The molecular weight excluding hydrogens is 360 g/mol. The van der Waals surface area contributed by atoms with Crippen LogP contribution >= 0.6 is 0 Å². The average molecular weight is 392 g/mol. The zero-order valence-corrected chi connectivity index (χ0v) is 16.5. The fourth-order valence-electron chi connectivity index (χ4n) is 0.735. The maximum Gasteiger partial charge on any atom is 0.329 e. The third-order valence-corrected chi connectivity index (χ3v) is 2.86. The lowest BCUT2D eigenvalue weighted by Crippen LogP contribution is -2.32. The van der Waals surface area contributed by atoms with Gasteiger partial charge in [0.2, 0.25) is 0 Å². The van der Waals surface area contributed by atoms with Crippen molar-refractivity contribution in [3.8, 4) is 0 Å². The van der Waals surface area contributed by atoms with Crippen molar-refractivity contribution >= 4 is 17.9 Å². The lowest BCUT2D eigenvalue weighted by Gasteiger charge is -2.24. The molecule has 0 heterocycles. The molecule has 0 radical (unpaired) electrons. The van der Waals surface area contributed by atoms with E-state index in [1.165, 1.54) is 21.3 Å². The second-order valence-electron chi connectivity index (χ2n) is 4.51. The van der Waals surface area contributed by atoms with Gasteiger partial charge in [0.15, 0.2) is 0 Å². The van der Waals surface area contributed by atoms with Crippen LogP contribution in [0.2, 0.25) is 0 Å². The van der Waals surface area contributed by atoms with E-state index in [9.17, 15) is 14.4 Å². The molecule has 0 bridgehead atoms. The summed E-state index contributed by atoms with van der Waals surface area (Å²) in [5, 5.41) is 26.0. The number of methoxy groups -OCH3 is 3. The highest BCUT2D eigenvalue weighted by Gasteiger charge is 2.24. The highest BCUT2D eigenvalue weighted by Crippen LogP contribution is 2.18. The van der Waals surface area contributed by atoms with Crippen LogP contribution in [0.1, 0.15) is 13.3 Å². The molecule has 27 heavy (non-hydrogen) atoms. The zero-order valence-electron chi connectivity index (χ0n) is 16.5. The first-order valence-corrected chi connectivity index (χ1v) is 7.61. The molecule has 0 fully saturated rings. The minimum atomic E-state index is -0.667. The minimum absolute atomic E-state index is 0.156. The Morgan fingerprint density at radius 2 is 0.963 bits per heavy atom. The number of rotatable bonds is 7. The predicted molar refractivity (Wildman–Crippen MR) is 101 cm³/mol. The van der Waals surface area contributed by atoms with Gasteiger partial charge in [0.1, 0.15) is 0 Å². The average Bonchev–Trinajstić information content (AvgIpc) is 2.75. The molecule has 0 amide bonds. The lowest BCUT2D eigenvalue weighted by atomic mass is 9.88. The maximum absolute atomic E-state index is 9.84. The molecule has 0 aliphatic carbocycles. The van der Waals surface area contributed by atoms with Gasteiger partial charge in [0.05, 0.1) is 41.2 Å². The Morgan fingerprint density at radius 3 is 0.963 bits per heavy atom. The Bertz CT molecular complexity index is 361. The van der Waals surface area contributed by atoms with Gasteiger partial charge in [-0.25, -0.2) is 14.4 Å². The van der Waals surface area contributed by atoms with E-state index in [1.807, 2.05) is 6.92 Å². The van der Waals surface area contributed by atoms with Gasteiger partial charge in [-0.15, -0.1) is 0 Å². The topological polar surface area (TPSA) is 140 Å². The van der Waals surface area contributed by atoms with Crippen LogP contribution in [0.4, 0.5) is 0 Å². The number of aliphatic hydroxyl groups excluding tert-OH is 3. The Morgan fingerprint density at radius 1 is 0.741 bits per heavy atom. The quantitative estimate of drug-likeness (QED) is 0.319. The summed E-state index contributed by atoms with van der Waals surface area (Å²) in [7, 11) is 3.93. The van der Waals surface area contributed by atoms with Crippen molar-refractivity contribution in [1.82, 2.24) is 0 Å². The van der Waals surface area contributed by atoms with E-state index < -0.39 is 23.3 Å². The molecule has 0 aromatic rings. The largest absolute Gasteiger partial charge is 0.466 e. The van der Waals surface area contributed by atoms with Crippen molar-refractivity contribution in [1.29, 1.82) is 0 Å². The molecule has 0 spiro atoms. The number of carbonyl (C=O) groups is 3.